The molecule has 0 saturated heterocycles. The van der Waals surface area contributed by atoms with Gasteiger partial charge in [0.15, 0.2) is 5.16 Å². The van der Waals surface area contributed by atoms with Gasteiger partial charge in [0.2, 0.25) is 5.91 Å². The molecule has 1 heterocycles. The number of aryl methyl sites for hydroxylation is 1. The van der Waals surface area contributed by atoms with Crippen molar-refractivity contribution < 1.29 is 4.79 Å². The van der Waals surface area contributed by atoms with Crippen molar-refractivity contribution in [2.45, 2.75) is 51.4 Å². The van der Waals surface area contributed by atoms with Gasteiger partial charge in [-0.15, -0.1) is 5.10 Å². The zero-order chi connectivity index (χ0) is 17.5. The molecule has 2 rings (SSSR count). The van der Waals surface area contributed by atoms with Gasteiger partial charge in [-0.25, -0.2) is 9.89 Å². The first-order chi connectivity index (χ1) is 11.5. The Morgan fingerprint density at radius 2 is 2.04 bits per heavy atom. The van der Waals surface area contributed by atoms with Crippen LogP contribution in [0.2, 0.25) is 0 Å². The Bertz CT molecular complexity index is 721. The molecule has 24 heavy (non-hydrogen) atoms. The van der Waals surface area contributed by atoms with Gasteiger partial charge in [-0.2, -0.15) is 0 Å². The number of thioether (sulfide) groups is 1. The van der Waals surface area contributed by atoms with Crippen LogP contribution in [0.5, 0.6) is 0 Å². The van der Waals surface area contributed by atoms with Crippen LogP contribution in [-0.2, 0) is 17.8 Å². The Morgan fingerprint density at radius 3 is 2.67 bits per heavy atom. The van der Waals surface area contributed by atoms with E-state index in [9.17, 15) is 9.59 Å². The van der Waals surface area contributed by atoms with Crippen LogP contribution < -0.4 is 11.0 Å². The molecule has 1 aromatic carbocycles. The molecule has 0 aliphatic carbocycles. The van der Waals surface area contributed by atoms with Crippen molar-refractivity contribution >= 4 is 17.7 Å². The van der Waals surface area contributed by atoms with E-state index in [0.29, 0.717) is 11.7 Å². The van der Waals surface area contributed by atoms with E-state index in [1.54, 1.807) is 4.57 Å². The highest BCUT2D eigenvalue weighted by Gasteiger charge is 2.13. The van der Waals surface area contributed by atoms with Gasteiger partial charge in [0, 0.05) is 6.54 Å². The van der Waals surface area contributed by atoms with Gasteiger partial charge in [0.05, 0.1) is 11.8 Å². The molecular weight excluding hydrogens is 324 g/mol. The third-order valence-corrected chi connectivity index (χ3v) is 4.74. The quantitative estimate of drug-likeness (QED) is 0.719. The maximum atomic E-state index is 12.1. The number of aromatic amines is 1. The molecule has 0 saturated carbocycles. The summed E-state index contributed by atoms with van der Waals surface area (Å²) >= 11 is 1.27. The van der Waals surface area contributed by atoms with E-state index in [-0.39, 0.29) is 23.4 Å². The van der Waals surface area contributed by atoms with Crippen molar-refractivity contribution in [3.63, 3.8) is 0 Å². The molecule has 0 spiro atoms. The maximum absolute atomic E-state index is 12.1. The summed E-state index contributed by atoms with van der Waals surface area (Å²) in [6, 6.07) is 8.20. The SMILES string of the molecule is CCCn1c(SCC(=O)NC(C)c2ccc(CC)cc2)n[nH]c1=O. The number of carbonyl (C=O) groups excluding carboxylic acids is 1. The average Bonchev–Trinajstić information content (AvgIpc) is 2.93. The molecule has 1 aromatic heterocycles. The van der Waals surface area contributed by atoms with Crippen LogP contribution in [-0.4, -0.2) is 26.4 Å². The van der Waals surface area contributed by atoms with Crippen molar-refractivity contribution in [1.29, 1.82) is 0 Å². The number of aromatic nitrogens is 3. The van der Waals surface area contributed by atoms with Gasteiger partial charge in [-0.3, -0.25) is 9.36 Å². The summed E-state index contributed by atoms with van der Waals surface area (Å²) < 4.78 is 1.56. The van der Waals surface area contributed by atoms with Crippen LogP contribution >= 0.6 is 11.8 Å². The van der Waals surface area contributed by atoms with Crippen LogP contribution in [0, 0.1) is 0 Å². The number of amides is 1. The van der Waals surface area contributed by atoms with E-state index in [0.717, 1.165) is 18.4 Å². The fourth-order valence-electron chi connectivity index (χ4n) is 2.37. The van der Waals surface area contributed by atoms with E-state index in [1.165, 1.54) is 17.3 Å². The predicted molar refractivity (Wildman–Crippen MR) is 96.2 cm³/mol. The molecule has 1 amide bonds. The van der Waals surface area contributed by atoms with E-state index < -0.39 is 0 Å². The second-order valence-electron chi connectivity index (χ2n) is 5.64. The zero-order valence-electron chi connectivity index (χ0n) is 14.3. The van der Waals surface area contributed by atoms with E-state index >= 15 is 0 Å². The standard InChI is InChI=1S/C17H24N4O2S/c1-4-10-21-16(23)19-20-17(21)24-11-15(22)18-12(3)14-8-6-13(5-2)7-9-14/h6-9,12H,4-5,10-11H2,1-3H3,(H,18,22)(H,19,23). The van der Waals surface area contributed by atoms with Crippen molar-refractivity contribution in [1.82, 2.24) is 20.1 Å². The topological polar surface area (TPSA) is 79.8 Å². The molecule has 130 valence electrons. The highest BCUT2D eigenvalue weighted by Crippen LogP contribution is 2.16. The highest BCUT2D eigenvalue weighted by atomic mass is 32.2. The van der Waals surface area contributed by atoms with Crippen molar-refractivity contribution in [2.24, 2.45) is 0 Å². The van der Waals surface area contributed by atoms with Crippen molar-refractivity contribution in [3.05, 3.63) is 45.9 Å². The molecule has 2 aromatic rings. The van der Waals surface area contributed by atoms with Gasteiger partial charge in [-0.1, -0.05) is 49.9 Å². The van der Waals surface area contributed by atoms with Gasteiger partial charge in [-0.05, 0) is 30.9 Å². The first kappa shape index (κ1) is 18.3. The lowest BCUT2D eigenvalue weighted by atomic mass is 10.1. The third-order valence-electron chi connectivity index (χ3n) is 3.77. The first-order valence-electron chi connectivity index (χ1n) is 8.21. The third kappa shape index (κ3) is 4.74. The lowest BCUT2D eigenvalue weighted by Crippen LogP contribution is -2.28. The summed E-state index contributed by atoms with van der Waals surface area (Å²) in [4.78, 5) is 23.8. The largest absolute Gasteiger partial charge is 0.349 e. The number of nitrogens with one attached hydrogen (secondary N) is 2. The summed E-state index contributed by atoms with van der Waals surface area (Å²) in [5.74, 6) is 0.149. The molecular formula is C17H24N4O2S. The molecule has 0 bridgehead atoms. The van der Waals surface area contributed by atoms with Crippen LogP contribution in [0.15, 0.2) is 34.2 Å². The second kappa shape index (κ2) is 8.73. The minimum Gasteiger partial charge on any atom is -0.349 e. The number of H-pyrrole nitrogens is 1. The average molecular weight is 348 g/mol. The number of carbonyl (C=O) groups is 1. The lowest BCUT2D eigenvalue weighted by Gasteiger charge is -2.14. The van der Waals surface area contributed by atoms with Crippen LogP contribution in [0.1, 0.15) is 44.4 Å². The number of benzene rings is 1. The number of hydrogen-bond acceptors (Lipinski definition) is 4. The molecule has 1 unspecified atom stereocenters. The molecule has 0 aliphatic rings. The van der Waals surface area contributed by atoms with E-state index in [2.05, 4.69) is 34.6 Å². The summed E-state index contributed by atoms with van der Waals surface area (Å²) in [7, 11) is 0. The Balaban J connectivity index is 1.89. The van der Waals surface area contributed by atoms with Crippen molar-refractivity contribution in [2.75, 3.05) is 5.75 Å². The number of hydrogen-bond donors (Lipinski definition) is 2. The second-order valence-corrected chi connectivity index (χ2v) is 6.58. The Morgan fingerprint density at radius 1 is 1.33 bits per heavy atom. The summed E-state index contributed by atoms with van der Waals surface area (Å²) in [5, 5.41) is 9.93. The van der Waals surface area contributed by atoms with Crippen LogP contribution in [0.25, 0.3) is 0 Å². The molecule has 6 nitrogen and oxygen atoms in total. The minimum absolute atomic E-state index is 0.0546. The van der Waals surface area contributed by atoms with Crippen molar-refractivity contribution in [3.8, 4) is 0 Å². The monoisotopic (exact) mass is 348 g/mol. The Kier molecular flexibility index (Phi) is 6.66. The fraction of sp³-hybridized carbons (Fsp3) is 0.471. The van der Waals surface area contributed by atoms with Crippen LogP contribution in [0.3, 0.4) is 0 Å². The first-order valence-corrected chi connectivity index (χ1v) is 9.19. The number of rotatable bonds is 8. The predicted octanol–water partition coefficient (Wildman–Crippen LogP) is 2.51. The maximum Gasteiger partial charge on any atom is 0.343 e. The smallest absolute Gasteiger partial charge is 0.343 e. The summed E-state index contributed by atoms with van der Waals surface area (Å²) in [5.41, 5.74) is 2.12. The summed E-state index contributed by atoms with van der Waals surface area (Å²) in [6.07, 6.45) is 1.84. The lowest BCUT2D eigenvalue weighted by molar-refractivity contribution is -0.119. The molecule has 0 aliphatic heterocycles. The molecule has 1 atom stereocenters. The molecule has 0 radical (unpaired) electrons. The molecule has 7 heteroatoms. The van der Waals surface area contributed by atoms with Gasteiger partial charge in [0.25, 0.3) is 0 Å². The molecule has 2 N–H and O–H groups in total. The Labute approximate surface area is 146 Å². The Hall–Kier alpha value is -2.02. The van der Waals surface area contributed by atoms with Crippen LogP contribution in [0.4, 0.5) is 0 Å². The minimum atomic E-state index is -0.232. The van der Waals surface area contributed by atoms with E-state index in [4.69, 9.17) is 0 Å². The normalized spacial score (nSPS) is 12.1. The van der Waals surface area contributed by atoms with Gasteiger partial charge >= 0.3 is 5.69 Å². The molecule has 0 fully saturated rings. The van der Waals surface area contributed by atoms with E-state index in [1.807, 2.05) is 26.0 Å². The number of nitrogens with zero attached hydrogens (tertiary/aromatic N) is 2. The fourth-order valence-corrected chi connectivity index (χ4v) is 3.16. The van der Waals surface area contributed by atoms with Gasteiger partial charge < -0.3 is 5.32 Å². The van der Waals surface area contributed by atoms with Gasteiger partial charge in [0.1, 0.15) is 0 Å². The zero-order valence-corrected chi connectivity index (χ0v) is 15.2. The summed E-state index contributed by atoms with van der Waals surface area (Å²) in [6.45, 7) is 6.67. The highest BCUT2D eigenvalue weighted by molar-refractivity contribution is 7.99.